The van der Waals surface area contributed by atoms with Gasteiger partial charge >= 0.3 is 0 Å². The number of carbonyl (C=O) groups is 2. The summed E-state index contributed by atoms with van der Waals surface area (Å²) >= 11 is 1.32. The Hall–Kier alpha value is -4.43. The van der Waals surface area contributed by atoms with Gasteiger partial charge in [-0.25, -0.2) is 9.37 Å². The van der Waals surface area contributed by atoms with Gasteiger partial charge in [-0.1, -0.05) is 30.3 Å². The number of hydrogen-bond donors (Lipinski definition) is 1. The van der Waals surface area contributed by atoms with Gasteiger partial charge in [0.05, 0.1) is 18.3 Å². The molecule has 0 bridgehead atoms. The molecule has 0 radical (unpaired) electrons. The molecule has 0 spiro atoms. The Kier molecular flexibility index (Phi) is 6.03. The number of rotatable bonds is 6. The molecule has 1 amide bonds. The maximum atomic E-state index is 13.3. The highest BCUT2D eigenvalue weighted by Crippen LogP contribution is 2.30. The molecule has 35 heavy (non-hydrogen) atoms. The lowest BCUT2D eigenvalue weighted by Gasteiger charge is -2.08. The van der Waals surface area contributed by atoms with Crippen LogP contribution in [0.25, 0.3) is 21.3 Å². The second kappa shape index (κ2) is 9.44. The second-order valence-electron chi connectivity index (χ2n) is 7.83. The highest BCUT2D eigenvalue weighted by atomic mass is 32.1. The van der Waals surface area contributed by atoms with E-state index in [0.29, 0.717) is 38.2 Å². The van der Waals surface area contributed by atoms with Crippen molar-refractivity contribution in [3.8, 4) is 11.1 Å². The monoisotopic (exact) mass is 483 g/mol. The summed E-state index contributed by atoms with van der Waals surface area (Å²) in [5, 5.41) is 4.99. The molecule has 6 nitrogen and oxygen atoms in total. The molecule has 0 aliphatic heterocycles. The molecule has 5 rings (SSSR count). The van der Waals surface area contributed by atoms with Crippen molar-refractivity contribution >= 4 is 38.9 Å². The number of halogens is 1. The van der Waals surface area contributed by atoms with Crippen LogP contribution in [0.1, 0.15) is 20.7 Å². The fraction of sp³-hybridized carbons (Fsp3) is 0.0370. The van der Waals surface area contributed by atoms with Crippen LogP contribution in [-0.4, -0.2) is 21.2 Å². The Morgan fingerprint density at radius 1 is 0.914 bits per heavy atom. The highest BCUT2D eigenvalue weighted by Gasteiger charge is 2.16. The van der Waals surface area contributed by atoms with Gasteiger partial charge in [0.15, 0.2) is 5.78 Å². The van der Waals surface area contributed by atoms with Crippen molar-refractivity contribution in [3.63, 3.8) is 0 Å². The topological polar surface area (TPSA) is 81.1 Å². The van der Waals surface area contributed by atoms with E-state index < -0.39 is 0 Å². The molecule has 172 valence electrons. The molecule has 0 saturated heterocycles. The molecule has 8 heteroatoms. The lowest BCUT2D eigenvalue weighted by molar-refractivity contribution is 0.0970. The molecule has 1 N–H and O–H groups in total. The van der Waals surface area contributed by atoms with Gasteiger partial charge in [-0.05, 0) is 54.1 Å². The van der Waals surface area contributed by atoms with Crippen LogP contribution in [0.2, 0.25) is 0 Å². The second-order valence-corrected chi connectivity index (χ2v) is 8.69. The number of amides is 1. The number of fused-ring (bicyclic) bond motifs is 1. The summed E-state index contributed by atoms with van der Waals surface area (Å²) in [6.45, 7) is -0.184. The first-order valence-electron chi connectivity index (χ1n) is 10.7. The van der Waals surface area contributed by atoms with E-state index in [2.05, 4.69) is 10.3 Å². The first kappa shape index (κ1) is 22.4. The summed E-state index contributed by atoms with van der Waals surface area (Å²) in [5.41, 5.74) is 2.51. The molecular formula is C27H18FN3O3S. The zero-order valence-corrected chi connectivity index (χ0v) is 19.1. The molecule has 5 aromatic rings. The summed E-state index contributed by atoms with van der Waals surface area (Å²) in [5.74, 6) is -0.879. The van der Waals surface area contributed by atoms with Crippen LogP contribution in [0.5, 0.6) is 0 Å². The van der Waals surface area contributed by atoms with Gasteiger partial charge < -0.3 is 5.32 Å². The number of Topliss-reactive ketones (excluding diaryl/α,β-unsaturated/α-hetero) is 1. The van der Waals surface area contributed by atoms with Gasteiger partial charge in [-0.2, -0.15) is 0 Å². The van der Waals surface area contributed by atoms with E-state index in [0.717, 1.165) is 0 Å². The van der Waals surface area contributed by atoms with Gasteiger partial charge in [0.25, 0.3) is 11.5 Å². The van der Waals surface area contributed by atoms with Gasteiger partial charge in [-0.15, -0.1) is 11.3 Å². The quantitative estimate of drug-likeness (QED) is 0.328. The molecule has 0 fully saturated rings. The third-order valence-electron chi connectivity index (χ3n) is 5.53. The zero-order chi connectivity index (χ0) is 24.4. The van der Waals surface area contributed by atoms with Crippen molar-refractivity contribution < 1.29 is 14.0 Å². The number of aromatic nitrogens is 2. The van der Waals surface area contributed by atoms with E-state index in [1.165, 1.54) is 34.4 Å². The SMILES string of the molecule is O=C(Cn1cnc2scc(-c3ccc(F)cc3)c2c1=O)c1ccc(NC(=O)c2ccccc2)cc1. The van der Waals surface area contributed by atoms with Gasteiger partial charge in [-0.3, -0.25) is 19.0 Å². The lowest BCUT2D eigenvalue weighted by atomic mass is 10.1. The summed E-state index contributed by atoms with van der Waals surface area (Å²) in [7, 11) is 0. The van der Waals surface area contributed by atoms with Crippen molar-refractivity contribution in [2.24, 2.45) is 0 Å². The summed E-state index contributed by atoms with van der Waals surface area (Å²) < 4.78 is 14.6. The number of benzene rings is 3. The number of carbonyl (C=O) groups excluding carboxylic acids is 2. The van der Waals surface area contributed by atoms with Crippen molar-refractivity contribution in [2.45, 2.75) is 6.54 Å². The molecule has 0 aliphatic carbocycles. The van der Waals surface area contributed by atoms with Crippen molar-refractivity contribution in [1.29, 1.82) is 0 Å². The maximum Gasteiger partial charge on any atom is 0.263 e. The average molecular weight is 484 g/mol. The van der Waals surface area contributed by atoms with E-state index in [1.54, 1.807) is 66.0 Å². The molecule has 0 aliphatic rings. The molecule has 3 aromatic carbocycles. The Morgan fingerprint density at radius 2 is 1.63 bits per heavy atom. The number of thiophene rings is 1. The third-order valence-corrected chi connectivity index (χ3v) is 6.42. The number of nitrogens with zero attached hydrogens (tertiary/aromatic N) is 2. The minimum atomic E-state index is -0.361. The zero-order valence-electron chi connectivity index (χ0n) is 18.3. The van der Waals surface area contributed by atoms with Crippen molar-refractivity contribution in [1.82, 2.24) is 9.55 Å². The van der Waals surface area contributed by atoms with E-state index in [4.69, 9.17) is 0 Å². The fourth-order valence-electron chi connectivity index (χ4n) is 3.70. The largest absolute Gasteiger partial charge is 0.322 e. The Balaban J connectivity index is 1.35. The predicted octanol–water partition coefficient (Wildman–Crippen LogP) is 5.40. The summed E-state index contributed by atoms with van der Waals surface area (Å²) in [6.07, 6.45) is 1.36. The predicted molar refractivity (Wildman–Crippen MR) is 134 cm³/mol. The normalized spacial score (nSPS) is 10.9. The van der Waals surface area contributed by atoms with Crippen LogP contribution in [0.4, 0.5) is 10.1 Å². The number of anilines is 1. The Bertz CT molecular complexity index is 1590. The molecule has 2 heterocycles. The van der Waals surface area contributed by atoms with Crippen molar-refractivity contribution in [2.75, 3.05) is 5.32 Å². The first-order valence-corrected chi connectivity index (χ1v) is 11.6. The Labute approximate surface area is 203 Å². The minimum Gasteiger partial charge on any atom is -0.322 e. The van der Waals surface area contributed by atoms with Gasteiger partial charge in [0.1, 0.15) is 10.6 Å². The first-order chi connectivity index (χ1) is 17.0. The fourth-order valence-corrected chi connectivity index (χ4v) is 4.61. The smallest absolute Gasteiger partial charge is 0.263 e. The lowest BCUT2D eigenvalue weighted by Crippen LogP contribution is -2.24. The van der Waals surface area contributed by atoms with Gasteiger partial charge in [0, 0.05) is 27.8 Å². The number of hydrogen-bond acceptors (Lipinski definition) is 5. The van der Waals surface area contributed by atoms with E-state index in [9.17, 15) is 18.8 Å². The molecular weight excluding hydrogens is 465 g/mol. The number of ketones is 1. The van der Waals surface area contributed by atoms with Gasteiger partial charge in [0.2, 0.25) is 0 Å². The highest BCUT2D eigenvalue weighted by molar-refractivity contribution is 7.17. The minimum absolute atomic E-state index is 0.184. The molecule has 0 unspecified atom stereocenters. The van der Waals surface area contributed by atoms with Crippen LogP contribution in [0, 0.1) is 5.82 Å². The van der Waals surface area contributed by atoms with Crippen molar-refractivity contribution in [3.05, 3.63) is 118 Å². The maximum absolute atomic E-state index is 13.3. The number of nitrogens with one attached hydrogen (secondary N) is 1. The summed E-state index contributed by atoms with van der Waals surface area (Å²) in [4.78, 5) is 43.2. The third kappa shape index (κ3) is 4.64. The molecule has 0 saturated carbocycles. The summed E-state index contributed by atoms with van der Waals surface area (Å²) in [6, 6.07) is 21.2. The van der Waals surface area contributed by atoms with Crippen LogP contribution < -0.4 is 10.9 Å². The van der Waals surface area contributed by atoms with Crippen LogP contribution in [-0.2, 0) is 6.54 Å². The van der Waals surface area contributed by atoms with E-state index in [-0.39, 0.29) is 29.6 Å². The molecule has 2 aromatic heterocycles. The average Bonchev–Trinajstić information content (AvgIpc) is 3.32. The van der Waals surface area contributed by atoms with E-state index >= 15 is 0 Å². The van der Waals surface area contributed by atoms with Crippen LogP contribution >= 0.6 is 11.3 Å². The van der Waals surface area contributed by atoms with Crippen LogP contribution in [0.15, 0.2) is 95.4 Å². The standard InChI is InChI=1S/C27H18FN3O3S/c28-20-10-6-17(7-11-20)22-15-35-26-24(22)27(34)31(16-29-26)14-23(32)18-8-12-21(13-9-18)30-25(33)19-4-2-1-3-5-19/h1-13,15-16H,14H2,(H,30,33). The Morgan fingerprint density at radius 3 is 2.34 bits per heavy atom. The molecule has 0 atom stereocenters. The van der Waals surface area contributed by atoms with E-state index in [1.807, 2.05) is 6.07 Å². The van der Waals surface area contributed by atoms with Crippen LogP contribution in [0.3, 0.4) is 0 Å².